The van der Waals surface area contributed by atoms with Crippen molar-refractivity contribution in [3.05, 3.63) is 46.5 Å². The second-order valence-electron chi connectivity index (χ2n) is 11.9. The molecule has 164 valence electrons. The van der Waals surface area contributed by atoms with E-state index in [0.29, 0.717) is 10.8 Å². The molecular formula is C29H42O. The fourth-order valence-corrected chi connectivity index (χ4v) is 8.79. The fourth-order valence-electron chi connectivity index (χ4n) is 8.79. The minimum Gasteiger partial charge on any atom is -0.393 e. The molecular weight excluding hydrogens is 364 g/mol. The average Bonchev–Trinajstić information content (AvgIpc) is 3.05. The van der Waals surface area contributed by atoms with Gasteiger partial charge in [-0.3, -0.25) is 0 Å². The van der Waals surface area contributed by atoms with Crippen LogP contribution in [-0.4, -0.2) is 11.2 Å². The summed E-state index contributed by atoms with van der Waals surface area (Å²) in [7, 11) is 0. The number of rotatable bonds is 3. The van der Waals surface area contributed by atoms with Crippen molar-refractivity contribution in [3.8, 4) is 0 Å². The lowest BCUT2D eigenvalue weighted by Crippen LogP contribution is -2.50. The fraction of sp³-hybridized carbons (Fsp3) is 0.724. The first-order valence-electron chi connectivity index (χ1n) is 12.8. The van der Waals surface area contributed by atoms with Gasteiger partial charge < -0.3 is 5.11 Å². The molecule has 0 amide bonds. The molecule has 0 saturated heterocycles. The maximum absolute atomic E-state index is 10.2. The van der Waals surface area contributed by atoms with Crippen LogP contribution >= 0.6 is 0 Å². The van der Waals surface area contributed by atoms with E-state index in [1.54, 1.807) is 11.1 Å². The molecule has 4 aliphatic rings. The standard InChI is InChI=1S/C29H42O/c1-19-6-5-7-20(2)24(19)11-8-21-10-13-26-25-12-9-22-18-23(30)14-16-29(22,4)27(25)15-17-28(21,26)3/h5-7,9,21,23,25-27,30H,8,10-18H2,1-4H3/t21-,23-,25-,26-,27-,28+,29-/m0/s1. The molecule has 1 aromatic rings. The number of aryl methyl sites for hydroxylation is 2. The third kappa shape index (κ3) is 3.14. The van der Waals surface area contributed by atoms with Crippen LogP contribution in [0, 0.1) is 48.3 Å². The zero-order chi connectivity index (χ0) is 21.1. The van der Waals surface area contributed by atoms with E-state index in [1.807, 2.05) is 0 Å². The molecule has 1 heteroatoms. The van der Waals surface area contributed by atoms with Crippen molar-refractivity contribution >= 4 is 0 Å². The normalized spacial score (nSPS) is 42.8. The summed E-state index contributed by atoms with van der Waals surface area (Å²) < 4.78 is 0. The lowest BCUT2D eigenvalue weighted by Gasteiger charge is -2.58. The molecule has 0 aromatic heterocycles. The monoisotopic (exact) mass is 406 g/mol. The highest BCUT2D eigenvalue weighted by Crippen LogP contribution is 2.66. The molecule has 1 nitrogen and oxygen atoms in total. The molecule has 1 N–H and O–H groups in total. The molecule has 0 unspecified atom stereocenters. The molecule has 4 aliphatic carbocycles. The minimum atomic E-state index is -0.0875. The Kier molecular flexibility index (Phi) is 5.20. The van der Waals surface area contributed by atoms with Gasteiger partial charge in [-0.15, -0.1) is 0 Å². The first kappa shape index (κ1) is 20.8. The predicted octanol–water partition coefficient (Wildman–Crippen LogP) is 7.18. The quantitative estimate of drug-likeness (QED) is 0.527. The van der Waals surface area contributed by atoms with Gasteiger partial charge in [0.1, 0.15) is 0 Å². The second kappa shape index (κ2) is 7.51. The van der Waals surface area contributed by atoms with Gasteiger partial charge in [-0.2, -0.15) is 0 Å². The largest absolute Gasteiger partial charge is 0.393 e. The van der Waals surface area contributed by atoms with Gasteiger partial charge in [-0.05, 0) is 129 Å². The first-order chi connectivity index (χ1) is 14.3. The van der Waals surface area contributed by atoms with Crippen molar-refractivity contribution in [1.29, 1.82) is 0 Å². The molecule has 3 saturated carbocycles. The minimum absolute atomic E-state index is 0.0875. The maximum Gasteiger partial charge on any atom is 0.0577 e. The molecule has 0 radical (unpaired) electrons. The number of fused-ring (bicyclic) bond motifs is 5. The Bertz CT molecular complexity index is 817. The van der Waals surface area contributed by atoms with Gasteiger partial charge in [0.15, 0.2) is 0 Å². The van der Waals surface area contributed by atoms with Crippen molar-refractivity contribution in [1.82, 2.24) is 0 Å². The van der Waals surface area contributed by atoms with Crippen LogP contribution in [0.4, 0.5) is 0 Å². The lowest BCUT2D eigenvalue weighted by molar-refractivity contribution is -0.0505. The molecule has 30 heavy (non-hydrogen) atoms. The summed E-state index contributed by atoms with van der Waals surface area (Å²) >= 11 is 0. The summed E-state index contributed by atoms with van der Waals surface area (Å²) in [5.74, 6) is 3.56. The summed E-state index contributed by atoms with van der Waals surface area (Å²) in [5.41, 5.74) is 7.10. The highest BCUT2D eigenvalue weighted by atomic mass is 16.3. The lowest BCUT2D eigenvalue weighted by atomic mass is 9.47. The van der Waals surface area contributed by atoms with E-state index >= 15 is 0 Å². The van der Waals surface area contributed by atoms with E-state index in [0.717, 1.165) is 36.5 Å². The number of allylic oxidation sites excluding steroid dienone is 1. The van der Waals surface area contributed by atoms with Gasteiger partial charge >= 0.3 is 0 Å². The van der Waals surface area contributed by atoms with Gasteiger partial charge in [0.25, 0.3) is 0 Å². The molecule has 0 heterocycles. The molecule has 5 rings (SSSR count). The van der Waals surface area contributed by atoms with Gasteiger partial charge in [-0.1, -0.05) is 43.7 Å². The highest BCUT2D eigenvalue weighted by Gasteiger charge is 2.58. The summed E-state index contributed by atoms with van der Waals surface area (Å²) in [5, 5.41) is 10.2. The van der Waals surface area contributed by atoms with Crippen LogP contribution in [0.5, 0.6) is 0 Å². The van der Waals surface area contributed by atoms with Crippen molar-refractivity contribution < 1.29 is 5.11 Å². The molecule has 1 aromatic carbocycles. The van der Waals surface area contributed by atoms with E-state index in [4.69, 9.17) is 0 Å². The summed E-state index contributed by atoms with van der Waals surface area (Å²) in [4.78, 5) is 0. The number of aliphatic hydroxyl groups is 1. The van der Waals surface area contributed by atoms with Crippen LogP contribution in [0.15, 0.2) is 29.8 Å². The van der Waals surface area contributed by atoms with Crippen LogP contribution in [0.25, 0.3) is 0 Å². The highest BCUT2D eigenvalue weighted by molar-refractivity contribution is 5.33. The van der Waals surface area contributed by atoms with Crippen LogP contribution in [-0.2, 0) is 6.42 Å². The topological polar surface area (TPSA) is 20.2 Å². The Labute approximate surface area is 184 Å². The summed E-state index contributed by atoms with van der Waals surface area (Å²) in [6.07, 6.45) is 15.3. The molecule has 7 atom stereocenters. The zero-order valence-corrected chi connectivity index (χ0v) is 19.7. The zero-order valence-electron chi connectivity index (χ0n) is 19.7. The van der Waals surface area contributed by atoms with Gasteiger partial charge in [-0.25, -0.2) is 0 Å². The van der Waals surface area contributed by atoms with Gasteiger partial charge in [0.05, 0.1) is 6.10 Å². The Morgan fingerprint density at radius 2 is 1.73 bits per heavy atom. The van der Waals surface area contributed by atoms with Crippen LogP contribution in [0.1, 0.15) is 88.3 Å². The van der Waals surface area contributed by atoms with Crippen molar-refractivity contribution in [2.24, 2.45) is 34.5 Å². The number of hydrogen-bond donors (Lipinski definition) is 1. The molecule has 3 fully saturated rings. The third-order valence-corrected chi connectivity index (χ3v) is 10.7. The Balaban J connectivity index is 1.34. The second-order valence-corrected chi connectivity index (χ2v) is 11.9. The van der Waals surface area contributed by atoms with Gasteiger partial charge in [0.2, 0.25) is 0 Å². The van der Waals surface area contributed by atoms with E-state index in [9.17, 15) is 5.11 Å². The maximum atomic E-state index is 10.2. The molecule has 0 spiro atoms. The van der Waals surface area contributed by atoms with E-state index in [2.05, 4.69) is 52.0 Å². The predicted molar refractivity (Wildman–Crippen MR) is 125 cm³/mol. The first-order valence-corrected chi connectivity index (χ1v) is 12.8. The van der Waals surface area contributed by atoms with Crippen molar-refractivity contribution in [2.45, 2.75) is 98.0 Å². The number of benzene rings is 1. The van der Waals surface area contributed by atoms with Crippen LogP contribution in [0.2, 0.25) is 0 Å². The average molecular weight is 407 g/mol. The molecule has 0 aliphatic heterocycles. The van der Waals surface area contributed by atoms with Crippen LogP contribution in [0.3, 0.4) is 0 Å². The van der Waals surface area contributed by atoms with Crippen molar-refractivity contribution in [2.75, 3.05) is 0 Å². The molecule has 0 bridgehead atoms. The van der Waals surface area contributed by atoms with Crippen molar-refractivity contribution in [3.63, 3.8) is 0 Å². The number of aliphatic hydroxyl groups excluding tert-OH is 1. The Morgan fingerprint density at radius 1 is 0.967 bits per heavy atom. The van der Waals surface area contributed by atoms with Crippen LogP contribution < -0.4 is 0 Å². The SMILES string of the molecule is Cc1cccc(C)c1CC[C@H]1CC[C@H]2[C@@H]3CC=C4C[C@@H](O)CC[C@]4(C)[C@H]3CC[C@]12C. The van der Waals surface area contributed by atoms with E-state index < -0.39 is 0 Å². The smallest absolute Gasteiger partial charge is 0.0577 e. The van der Waals surface area contributed by atoms with E-state index in [-0.39, 0.29) is 6.10 Å². The summed E-state index contributed by atoms with van der Waals surface area (Å²) in [6.45, 7) is 9.81. The Morgan fingerprint density at radius 3 is 2.50 bits per heavy atom. The van der Waals surface area contributed by atoms with Gasteiger partial charge in [0, 0.05) is 0 Å². The Hall–Kier alpha value is -1.08. The number of hydrogen-bond acceptors (Lipinski definition) is 1. The third-order valence-electron chi connectivity index (χ3n) is 10.7. The van der Waals surface area contributed by atoms with E-state index in [1.165, 1.54) is 62.5 Å². The summed E-state index contributed by atoms with van der Waals surface area (Å²) in [6, 6.07) is 6.79.